The summed E-state index contributed by atoms with van der Waals surface area (Å²) in [6, 6.07) is 22.8. The molecule has 3 rings (SSSR count). The van der Waals surface area contributed by atoms with Gasteiger partial charge in [0.05, 0.1) is 5.69 Å². The molecule has 0 aromatic heterocycles. The zero-order valence-corrected chi connectivity index (χ0v) is 15.0. The third-order valence-corrected chi connectivity index (χ3v) is 3.84. The molecule has 0 unspecified atom stereocenters. The molecular formula is C22H22N2O2. The van der Waals surface area contributed by atoms with E-state index in [1.165, 1.54) is 11.1 Å². The number of rotatable bonds is 5. The van der Waals surface area contributed by atoms with Crippen LogP contribution in [0.2, 0.25) is 0 Å². The third kappa shape index (κ3) is 4.86. The molecule has 0 atom stereocenters. The summed E-state index contributed by atoms with van der Waals surface area (Å²) >= 11 is 0. The highest BCUT2D eigenvalue weighted by molar-refractivity contribution is 5.90. The molecule has 3 aromatic rings. The Bertz CT molecular complexity index is 871. The van der Waals surface area contributed by atoms with Gasteiger partial charge in [-0.1, -0.05) is 59.7 Å². The number of para-hydroxylation sites is 3. The van der Waals surface area contributed by atoms with Crippen LogP contribution in [0.1, 0.15) is 16.7 Å². The highest BCUT2D eigenvalue weighted by Gasteiger charge is 2.08. The molecule has 4 nitrogen and oxygen atoms in total. The van der Waals surface area contributed by atoms with E-state index < -0.39 is 0 Å². The van der Waals surface area contributed by atoms with Gasteiger partial charge in [-0.3, -0.25) is 0 Å². The number of carbonyl (C=O) groups excluding carboxylic acids is 1. The van der Waals surface area contributed by atoms with E-state index in [4.69, 9.17) is 4.74 Å². The van der Waals surface area contributed by atoms with Gasteiger partial charge in [-0.25, -0.2) is 4.79 Å². The van der Waals surface area contributed by atoms with Gasteiger partial charge in [-0.05, 0) is 43.7 Å². The Kier molecular flexibility index (Phi) is 5.54. The van der Waals surface area contributed by atoms with Crippen molar-refractivity contribution in [2.24, 2.45) is 0 Å². The van der Waals surface area contributed by atoms with Gasteiger partial charge in [-0.15, -0.1) is 0 Å². The van der Waals surface area contributed by atoms with Gasteiger partial charge >= 0.3 is 6.03 Å². The van der Waals surface area contributed by atoms with Gasteiger partial charge < -0.3 is 15.4 Å². The van der Waals surface area contributed by atoms with Crippen LogP contribution in [0.15, 0.2) is 72.8 Å². The number of anilines is 1. The van der Waals surface area contributed by atoms with Crippen molar-refractivity contribution >= 4 is 11.7 Å². The van der Waals surface area contributed by atoms with Gasteiger partial charge in [-0.2, -0.15) is 0 Å². The molecule has 3 aromatic carbocycles. The van der Waals surface area contributed by atoms with Gasteiger partial charge in [0, 0.05) is 6.54 Å². The van der Waals surface area contributed by atoms with Crippen LogP contribution in [0.4, 0.5) is 10.5 Å². The average Bonchev–Trinajstić information content (AvgIpc) is 2.62. The lowest BCUT2D eigenvalue weighted by Gasteiger charge is -2.13. The molecule has 0 bridgehead atoms. The standard InChI is InChI=1S/C22H22N2O2/c1-16-12-17(2)14-18(13-16)15-23-22(25)24-20-10-6-7-11-21(20)26-19-8-4-3-5-9-19/h3-14H,15H2,1-2H3,(H2,23,24,25). The summed E-state index contributed by atoms with van der Waals surface area (Å²) in [7, 11) is 0. The van der Waals surface area contributed by atoms with Crippen LogP contribution in [0.5, 0.6) is 11.5 Å². The fourth-order valence-electron chi connectivity index (χ4n) is 2.79. The molecule has 132 valence electrons. The number of hydrogen-bond donors (Lipinski definition) is 2. The smallest absolute Gasteiger partial charge is 0.319 e. The molecule has 2 N–H and O–H groups in total. The van der Waals surface area contributed by atoms with E-state index in [-0.39, 0.29) is 6.03 Å². The number of carbonyl (C=O) groups is 1. The Hall–Kier alpha value is -3.27. The minimum atomic E-state index is -0.270. The first-order valence-electron chi connectivity index (χ1n) is 8.54. The molecule has 26 heavy (non-hydrogen) atoms. The molecule has 0 saturated heterocycles. The van der Waals surface area contributed by atoms with Crippen LogP contribution in [0, 0.1) is 13.8 Å². The predicted octanol–water partition coefficient (Wildman–Crippen LogP) is 5.42. The van der Waals surface area contributed by atoms with Crippen LogP contribution in [-0.4, -0.2) is 6.03 Å². The molecule has 0 spiro atoms. The molecule has 0 heterocycles. The van der Waals surface area contributed by atoms with Crippen molar-refractivity contribution in [3.05, 3.63) is 89.5 Å². The maximum Gasteiger partial charge on any atom is 0.319 e. The quantitative estimate of drug-likeness (QED) is 0.648. The molecule has 0 saturated carbocycles. The fourth-order valence-corrected chi connectivity index (χ4v) is 2.79. The van der Waals surface area contributed by atoms with Crippen LogP contribution in [-0.2, 0) is 6.54 Å². The Balaban J connectivity index is 1.64. The van der Waals surface area contributed by atoms with Crippen molar-refractivity contribution in [3.63, 3.8) is 0 Å². The second kappa shape index (κ2) is 8.21. The van der Waals surface area contributed by atoms with Gasteiger partial charge in [0.25, 0.3) is 0 Å². The lowest BCUT2D eigenvalue weighted by molar-refractivity contribution is 0.251. The predicted molar refractivity (Wildman–Crippen MR) is 105 cm³/mol. The van der Waals surface area contributed by atoms with Crippen molar-refractivity contribution in [2.75, 3.05) is 5.32 Å². The van der Waals surface area contributed by atoms with Crippen molar-refractivity contribution in [2.45, 2.75) is 20.4 Å². The highest BCUT2D eigenvalue weighted by Crippen LogP contribution is 2.28. The molecule has 0 aliphatic carbocycles. The number of benzene rings is 3. The molecule has 0 aliphatic heterocycles. The number of urea groups is 1. The number of ether oxygens (including phenoxy) is 1. The molecular weight excluding hydrogens is 324 g/mol. The molecule has 0 aliphatic rings. The number of amides is 2. The van der Waals surface area contributed by atoms with E-state index in [0.717, 1.165) is 11.3 Å². The summed E-state index contributed by atoms with van der Waals surface area (Å²) in [4.78, 5) is 12.3. The maximum absolute atomic E-state index is 12.3. The first-order valence-corrected chi connectivity index (χ1v) is 8.54. The minimum absolute atomic E-state index is 0.270. The van der Waals surface area contributed by atoms with E-state index >= 15 is 0 Å². The monoisotopic (exact) mass is 346 g/mol. The summed E-state index contributed by atoms with van der Waals surface area (Å²) in [6.45, 7) is 4.57. The maximum atomic E-state index is 12.3. The van der Waals surface area contributed by atoms with Crippen molar-refractivity contribution in [1.82, 2.24) is 5.32 Å². The van der Waals surface area contributed by atoms with Crippen molar-refractivity contribution < 1.29 is 9.53 Å². The van der Waals surface area contributed by atoms with Gasteiger partial charge in [0.15, 0.2) is 5.75 Å². The van der Waals surface area contributed by atoms with E-state index in [1.807, 2.05) is 68.4 Å². The summed E-state index contributed by atoms with van der Waals surface area (Å²) in [5.74, 6) is 1.32. The van der Waals surface area contributed by atoms with Gasteiger partial charge in [0.2, 0.25) is 0 Å². The first-order chi connectivity index (χ1) is 12.6. The zero-order valence-electron chi connectivity index (χ0n) is 15.0. The molecule has 2 amide bonds. The van der Waals surface area contributed by atoms with Gasteiger partial charge in [0.1, 0.15) is 5.75 Å². The van der Waals surface area contributed by atoms with Crippen LogP contribution >= 0.6 is 0 Å². The lowest BCUT2D eigenvalue weighted by atomic mass is 10.1. The third-order valence-electron chi connectivity index (χ3n) is 3.84. The second-order valence-electron chi connectivity index (χ2n) is 6.21. The fraction of sp³-hybridized carbons (Fsp3) is 0.136. The number of nitrogens with one attached hydrogen (secondary N) is 2. The topological polar surface area (TPSA) is 50.4 Å². The summed E-state index contributed by atoms with van der Waals surface area (Å²) < 4.78 is 5.86. The normalized spacial score (nSPS) is 10.2. The van der Waals surface area contributed by atoms with Crippen LogP contribution < -0.4 is 15.4 Å². The summed E-state index contributed by atoms with van der Waals surface area (Å²) in [6.07, 6.45) is 0. The summed E-state index contributed by atoms with van der Waals surface area (Å²) in [5, 5.41) is 5.74. The highest BCUT2D eigenvalue weighted by atomic mass is 16.5. The minimum Gasteiger partial charge on any atom is -0.455 e. The van der Waals surface area contributed by atoms with E-state index in [2.05, 4.69) is 28.8 Å². The Morgan fingerprint density at radius 2 is 1.54 bits per heavy atom. The average molecular weight is 346 g/mol. The number of aryl methyl sites for hydroxylation is 2. The molecule has 0 fully saturated rings. The molecule has 0 radical (unpaired) electrons. The van der Waals surface area contributed by atoms with E-state index in [1.54, 1.807) is 0 Å². The SMILES string of the molecule is Cc1cc(C)cc(CNC(=O)Nc2ccccc2Oc2ccccc2)c1. The molecule has 4 heteroatoms. The Morgan fingerprint density at radius 1 is 0.885 bits per heavy atom. The first kappa shape index (κ1) is 17.5. The van der Waals surface area contributed by atoms with Crippen LogP contribution in [0.3, 0.4) is 0 Å². The zero-order chi connectivity index (χ0) is 18.4. The summed E-state index contributed by atoms with van der Waals surface area (Å²) in [5.41, 5.74) is 4.06. The largest absolute Gasteiger partial charge is 0.455 e. The second-order valence-corrected chi connectivity index (χ2v) is 6.21. The Morgan fingerprint density at radius 3 is 2.27 bits per heavy atom. The van der Waals surface area contributed by atoms with E-state index in [0.29, 0.717) is 18.0 Å². The van der Waals surface area contributed by atoms with Crippen molar-refractivity contribution in [1.29, 1.82) is 0 Å². The number of hydrogen-bond acceptors (Lipinski definition) is 2. The van der Waals surface area contributed by atoms with E-state index in [9.17, 15) is 4.79 Å². The van der Waals surface area contributed by atoms with Crippen LogP contribution in [0.25, 0.3) is 0 Å². The Labute approximate surface area is 153 Å². The van der Waals surface area contributed by atoms with Crippen molar-refractivity contribution in [3.8, 4) is 11.5 Å². The lowest BCUT2D eigenvalue weighted by Crippen LogP contribution is -2.28.